The Morgan fingerprint density at radius 3 is 1.32 bits per heavy atom. The first-order valence-corrected chi connectivity index (χ1v) is 10.8. The lowest BCUT2D eigenvalue weighted by Gasteiger charge is -2.33. The van der Waals surface area contributed by atoms with Gasteiger partial charge in [0, 0.05) is 10.8 Å². The number of benzene rings is 2. The summed E-state index contributed by atoms with van der Waals surface area (Å²) in [5.74, 6) is 6.55. The van der Waals surface area contributed by atoms with Crippen LogP contribution in [0.1, 0.15) is 51.7 Å². The van der Waals surface area contributed by atoms with Crippen LogP contribution in [-0.2, 0) is 15.6 Å². The number of ether oxygens (including phenoxy) is 3. The minimum atomic E-state index is -0.0772. The van der Waals surface area contributed by atoms with E-state index in [9.17, 15) is 0 Å². The molecule has 2 atom stereocenters. The van der Waals surface area contributed by atoms with Crippen LogP contribution in [0.4, 0.5) is 0 Å². The van der Waals surface area contributed by atoms with Gasteiger partial charge < -0.3 is 14.2 Å². The second-order valence-electron chi connectivity index (χ2n) is 8.36. The number of hydrogen-bond donors (Lipinski definition) is 0. The second kappa shape index (κ2) is 11.5. The van der Waals surface area contributed by atoms with Gasteiger partial charge in [-0.2, -0.15) is 0 Å². The summed E-state index contributed by atoms with van der Waals surface area (Å²) in [6.45, 7) is 10.7. The topological polar surface area (TPSA) is 27.7 Å². The maximum atomic E-state index is 6.33. The molecule has 2 aromatic rings. The molecule has 0 N–H and O–H groups in total. The zero-order chi connectivity index (χ0) is 22.7. The Hall–Kier alpha value is -2.88. The Kier molecular flexibility index (Phi) is 9.04. The summed E-state index contributed by atoms with van der Waals surface area (Å²) in [7, 11) is 0. The molecule has 0 aliphatic heterocycles. The van der Waals surface area contributed by atoms with Crippen molar-refractivity contribution in [1.29, 1.82) is 0 Å². The minimum Gasteiger partial charge on any atom is -0.481 e. The maximum absolute atomic E-state index is 6.33. The van der Waals surface area contributed by atoms with E-state index < -0.39 is 0 Å². The van der Waals surface area contributed by atoms with Crippen molar-refractivity contribution in [2.24, 2.45) is 0 Å². The molecule has 0 amide bonds. The van der Waals surface area contributed by atoms with Gasteiger partial charge in [0.15, 0.2) is 0 Å². The largest absolute Gasteiger partial charge is 0.481 e. The third-order valence-electron chi connectivity index (χ3n) is 6.15. The molecule has 164 valence electrons. The zero-order valence-electron chi connectivity index (χ0n) is 19.2. The van der Waals surface area contributed by atoms with Crippen LogP contribution in [0.3, 0.4) is 0 Å². The molecule has 0 bridgehead atoms. The highest BCUT2D eigenvalue weighted by molar-refractivity contribution is 5.33. The fraction of sp³-hybridized carbons (Fsp3) is 0.429. The quantitative estimate of drug-likeness (QED) is 0.410. The highest BCUT2D eigenvalue weighted by Gasteiger charge is 2.29. The predicted molar refractivity (Wildman–Crippen MR) is 128 cm³/mol. The average Bonchev–Trinajstić information content (AvgIpc) is 2.81. The molecule has 3 nitrogen and oxygen atoms in total. The van der Waals surface area contributed by atoms with E-state index in [4.69, 9.17) is 27.1 Å². The molecule has 0 aromatic heterocycles. The van der Waals surface area contributed by atoms with E-state index in [-0.39, 0.29) is 24.0 Å². The summed E-state index contributed by atoms with van der Waals surface area (Å²) in [5.41, 5.74) is 2.31. The van der Waals surface area contributed by atoms with Gasteiger partial charge in [-0.1, -0.05) is 63.8 Å². The van der Waals surface area contributed by atoms with Crippen LogP contribution in [0.2, 0.25) is 0 Å². The third-order valence-corrected chi connectivity index (χ3v) is 6.15. The van der Waals surface area contributed by atoms with Crippen molar-refractivity contribution >= 4 is 0 Å². The smallest absolute Gasteiger partial charge is 0.148 e. The molecule has 0 spiro atoms. The van der Waals surface area contributed by atoms with Gasteiger partial charge in [0.05, 0.1) is 13.2 Å². The molecule has 0 heterocycles. The van der Waals surface area contributed by atoms with Crippen molar-refractivity contribution in [3.05, 3.63) is 59.7 Å². The number of hydrogen-bond acceptors (Lipinski definition) is 3. The minimum absolute atomic E-state index is 0.0772. The van der Waals surface area contributed by atoms with Crippen LogP contribution in [0, 0.1) is 24.7 Å². The number of rotatable bonds is 12. The van der Waals surface area contributed by atoms with Gasteiger partial charge in [-0.3, -0.25) is 0 Å². The zero-order valence-corrected chi connectivity index (χ0v) is 19.2. The monoisotopic (exact) mass is 418 g/mol. The molecule has 31 heavy (non-hydrogen) atoms. The van der Waals surface area contributed by atoms with Crippen molar-refractivity contribution in [1.82, 2.24) is 0 Å². The van der Waals surface area contributed by atoms with Crippen LogP contribution in [0.15, 0.2) is 48.5 Å². The van der Waals surface area contributed by atoms with E-state index in [2.05, 4.69) is 63.8 Å². The van der Waals surface area contributed by atoms with Gasteiger partial charge in [-0.25, -0.2) is 0 Å². The Balaban J connectivity index is 2.03. The number of terminal acetylenes is 2. The van der Waals surface area contributed by atoms with E-state index in [1.54, 1.807) is 0 Å². The first-order valence-electron chi connectivity index (χ1n) is 10.8. The van der Waals surface area contributed by atoms with Crippen LogP contribution < -0.4 is 9.47 Å². The molecule has 2 unspecified atom stereocenters. The van der Waals surface area contributed by atoms with Crippen LogP contribution >= 0.6 is 0 Å². The highest BCUT2D eigenvalue weighted by atomic mass is 16.5. The Morgan fingerprint density at radius 2 is 1.03 bits per heavy atom. The van der Waals surface area contributed by atoms with Crippen LogP contribution in [0.25, 0.3) is 0 Å². The first kappa shape index (κ1) is 24.4. The van der Waals surface area contributed by atoms with E-state index in [1.807, 2.05) is 24.3 Å². The SMILES string of the molecule is C#CCOc1ccc(C(C)(CC)COCC(C)(CC)c2ccc(OCC#C)cc2)cc1. The third kappa shape index (κ3) is 6.55. The summed E-state index contributed by atoms with van der Waals surface area (Å²) in [6, 6.07) is 16.3. The molecule has 0 radical (unpaired) electrons. The van der Waals surface area contributed by atoms with Crippen LogP contribution in [-0.4, -0.2) is 26.4 Å². The van der Waals surface area contributed by atoms with Crippen LogP contribution in [0.5, 0.6) is 11.5 Å². The molecular weight excluding hydrogens is 384 g/mol. The average molecular weight is 419 g/mol. The molecule has 0 aliphatic carbocycles. The normalized spacial score (nSPS) is 14.5. The van der Waals surface area contributed by atoms with E-state index in [1.165, 1.54) is 11.1 Å². The lowest BCUT2D eigenvalue weighted by molar-refractivity contribution is 0.0510. The van der Waals surface area contributed by atoms with Gasteiger partial charge in [-0.15, -0.1) is 12.8 Å². The predicted octanol–water partition coefficient (Wildman–Crippen LogP) is 5.76. The van der Waals surface area contributed by atoms with Crippen molar-refractivity contribution in [3.8, 4) is 36.2 Å². The van der Waals surface area contributed by atoms with Gasteiger partial charge in [-0.05, 0) is 48.2 Å². The lowest BCUT2D eigenvalue weighted by atomic mass is 9.79. The van der Waals surface area contributed by atoms with Crippen molar-refractivity contribution in [2.75, 3.05) is 26.4 Å². The Morgan fingerprint density at radius 1 is 0.677 bits per heavy atom. The molecule has 0 saturated carbocycles. The molecular formula is C28H34O3. The van der Waals surface area contributed by atoms with Crippen molar-refractivity contribution < 1.29 is 14.2 Å². The molecule has 0 saturated heterocycles. The van der Waals surface area contributed by atoms with Crippen molar-refractivity contribution in [2.45, 2.75) is 51.4 Å². The highest BCUT2D eigenvalue weighted by Crippen LogP contribution is 2.33. The van der Waals surface area contributed by atoms with Gasteiger partial charge in [0.1, 0.15) is 24.7 Å². The van der Waals surface area contributed by atoms with E-state index in [0.717, 1.165) is 24.3 Å². The standard InChI is InChI=1S/C28H34O3/c1-7-19-30-25-15-11-23(12-16-25)27(5,9-3)21-29-22-28(6,10-4)24-13-17-26(18-14-24)31-20-8-2/h1-2,11-18H,9-10,19-22H2,3-6H3. The summed E-state index contributed by atoms with van der Waals surface area (Å²) < 4.78 is 17.3. The second-order valence-corrected chi connectivity index (χ2v) is 8.36. The Labute approximate surface area is 188 Å². The molecule has 0 aliphatic rings. The maximum Gasteiger partial charge on any atom is 0.148 e. The van der Waals surface area contributed by atoms with Crippen molar-refractivity contribution in [3.63, 3.8) is 0 Å². The fourth-order valence-corrected chi connectivity index (χ4v) is 3.44. The summed E-state index contributed by atoms with van der Waals surface area (Å²) in [6.07, 6.45) is 12.5. The van der Waals surface area contributed by atoms with Gasteiger partial charge in [0.2, 0.25) is 0 Å². The summed E-state index contributed by atoms with van der Waals surface area (Å²) in [4.78, 5) is 0. The fourth-order valence-electron chi connectivity index (χ4n) is 3.44. The Bertz CT molecular complexity index is 810. The van der Waals surface area contributed by atoms with Gasteiger partial charge in [0.25, 0.3) is 0 Å². The first-order chi connectivity index (χ1) is 14.9. The molecule has 2 aromatic carbocycles. The molecule has 3 heteroatoms. The van der Waals surface area contributed by atoms with E-state index >= 15 is 0 Å². The lowest BCUT2D eigenvalue weighted by Crippen LogP contribution is -2.33. The molecule has 0 fully saturated rings. The molecule has 2 rings (SSSR count). The summed E-state index contributed by atoms with van der Waals surface area (Å²) in [5, 5.41) is 0. The van der Waals surface area contributed by atoms with E-state index in [0.29, 0.717) is 13.2 Å². The van der Waals surface area contributed by atoms with Gasteiger partial charge >= 0.3 is 0 Å². The summed E-state index contributed by atoms with van der Waals surface area (Å²) >= 11 is 0.